The molecule has 0 unspecified atom stereocenters. The molecule has 0 rings (SSSR count). The average Bonchev–Trinajstić information content (AvgIpc) is 1.00. The Morgan fingerprint density at radius 1 is 1.00 bits per heavy atom. The van der Waals surface area contributed by atoms with Gasteiger partial charge in [-0.15, -0.1) is 0 Å². The fourth-order valence-corrected chi connectivity index (χ4v) is 0. The molecule has 0 aromatic carbocycles. The van der Waals surface area contributed by atoms with Gasteiger partial charge >= 0.3 is 45.6 Å². The van der Waals surface area contributed by atoms with Crippen LogP contribution in [0.3, 0.4) is 0 Å². The van der Waals surface area contributed by atoms with Crippen molar-refractivity contribution in [2.45, 2.75) is 5.05 Å². The van der Waals surface area contributed by atoms with Crippen LogP contribution in [0.4, 0.5) is 0 Å². The minimum atomic E-state index is 0. The molecule has 0 saturated carbocycles. The van der Waals surface area contributed by atoms with Crippen molar-refractivity contribution in [2.24, 2.45) is 0 Å². The number of rotatable bonds is 0. The Balaban J connectivity index is -0.00000000167. The topological polar surface area (TPSA) is 0 Å². The van der Waals surface area contributed by atoms with Gasteiger partial charge in [0, 0.05) is 0 Å². The van der Waals surface area contributed by atoms with Gasteiger partial charge < -0.3 is 24.8 Å². The number of hydrogen-bond acceptors (Lipinski definition) is 0. The maximum atomic E-state index is 2.03. The van der Waals surface area contributed by atoms with Gasteiger partial charge in [-0.25, -0.2) is 0 Å². The van der Waals surface area contributed by atoms with Gasteiger partial charge in [-0.1, -0.05) is 0 Å². The van der Waals surface area contributed by atoms with Gasteiger partial charge in [-0.2, -0.15) is 0 Å². The van der Waals surface area contributed by atoms with E-state index in [4.69, 9.17) is 0 Å². The van der Waals surface area contributed by atoms with Crippen molar-refractivity contribution in [3.63, 3.8) is 0 Å². The summed E-state index contributed by atoms with van der Waals surface area (Å²) in [6.07, 6.45) is 0. The molecule has 0 radical (unpaired) electrons. The zero-order chi connectivity index (χ0) is 2.00. The number of halogens is 2. The molecule has 5 heavy (non-hydrogen) atoms. The molecule has 0 aliphatic carbocycles. The van der Waals surface area contributed by atoms with Gasteiger partial charge in [0.05, 0.1) is 0 Å². The van der Waals surface area contributed by atoms with E-state index in [0.717, 1.165) is 0 Å². The monoisotopic (exact) mass is 116 g/mol. The first-order chi connectivity index (χ1) is 1.00. The third-order valence-corrected chi connectivity index (χ3v) is 0. The summed E-state index contributed by atoms with van der Waals surface area (Å²) < 4.78 is 0. The molecule has 0 aliphatic rings. The molecule has 0 amide bonds. The minimum absolute atomic E-state index is 0. The van der Waals surface area contributed by atoms with Crippen molar-refractivity contribution in [3.05, 3.63) is 0 Å². The van der Waals surface area contributed by atoms with Crippen LogP contribution in [-0.4, -0.2) is 21.7 Å². The second-order valence-corrected chi connectivity index (χ2v) is 0. The van der Waals surface area contributed by atoms with Gasteiger partial charge in [0.25, 0.3) is 0 Å². The maximum absolute atomic E-state index is 2.03. The molecule has 0 atom stereocenters. The SMILES string of the molecule is [CH3][Mg+].[Cl-].[Cl-].[Li+]. The van der Waals surface area contributed by atoms with E-state index in [1.807, 2.05) is 26.8 Å². The van der Waals surface area contributed by atoms with Gasteiger partial charge in [-0.05, 0) is 0 Å². The smallest absolute Gasteiger partial charge is 1.00 e. The Kier molecular flexibility index (Phi) is 218. The van der Waals surface area contributed by atoms with E-state index in [2.05, 4.69) is 0 Å². The zero-order valence-corrected chi connectivity index (χ0v) is 6.39. The van der Waals surface area contributed by atoms with Crippen LogP contribution in [0.15, 0.2) is 0 Å². The summed E-state index contributed by atoms with van der Waals surface area (Å²) in [4.78, 5) is 0. The summed E-state index contributed by atoms with van der Waals surface area (Å²) in [6.45, 7) is 0. The van der Waals surface area contributed by atoms with E-state index in [-0.39, 0.29) is 43.7 Å². The third-order valence-electron chi connectivity index (χ3n) is 0. The van der Waals surface area contributed by atoms with E-state index >= 15 is 0 Å². The quantitative estimate of drug-likeness (QED) is 0.276. The molecular formula is CH3Cl2LiMg. The van der Waals surface area contributed by atoms with Gasteiger partial charge in [0.15, 0.2) is 0 Å². The molecule has 0 aliphatic heterocycles. The van der Waals surface area contributed by atoms with Gasteiger partial charge in [-0.3, -0.25) is 0 Å². The van der Waals surface area contributed by atoms with Crippen LogP contribution in [-0.2, 0) is 0 Å². The molecule has 0 aromatic rings. The van der Waals surface area contributed by atoms with Crippen LogP contribution < -0.4 is 43.7 Å². The first kappa shape index (κ1) is 28.3. The molecule has 0 fully saturated rings. The molecule has 4 heteroatoms. The van der Waals surface area contributed by atoms with Crippen molar-refractivity contribution in [1.29, 1.82) is 0 Å². The largest absolute Gasteiger partial charge is 1.00 e. The predicted molar refractivity (Wildman–Crippen MR) is 11.6 cm³/mol. The summed E-state index contributed by atoms with van der Waals surface area (Å²) in [5, 5.41) is 2.03. The maximum Gasteiger partial charge on any atom is 1.00 e. The molecule has 0 heterocycles. The number of hydrogen-bond donors (Lipinski definition) is 0. The van der Waals surface area contributed by atoms with Gasteiger partial charge in [0.1, 0.15) is 0 Å². The van der Waals surface area contributed by atoms with Crippen molar-refractivity contribution < 1.29 is 43.7 Å². The van der Waals surface area contributed by atoms with Crippen molar-refractivity contribution in [2.75, 3.05) is 0 Å². The first-order valence-corrected chi connectivity index (χ1v) is 2.12. The molecule has 0 bridgehead atoms. The Morgan fingerprint density at radius 2 is 1.00 bits per heavy atom. The molecule has 0 spiro atoms. The van der Waals surface area contributed by atoms with Crippen LogP contribution in [0.1, 0.15) is 0 Å². The Morgan fingerprint density at radius 3 is 1.00 bits per heavy atom. The summed E-state index contributed by atoms with van der Waals surface area (Å²) in [5.74, 6) is 0. The van der Waals surface area contributed by atoms with Crippen molar-refractivity contribution in [1.82, 2.24) is 0 Å². The van der Waals surface area contributed by atoms with Gasteiger partial charge in [0.2, 0.25) is 0 Å². The minimum Gasteiger partial charge on any atom is -1.00 e. The molecule has 0 saturated heterocycles. The van der Waals surface area contributed by atoms with E-state index in [9.17, 15) is 0 Å². The molecular weight excluding hydrogens is 114 g/mol. The molecule has 0 nitrogen and oxygen atoms in total. The summed E-state index contributed by atoms with van der Waals surface area (Å²) in [7, 11) is 0. The Bertz CT molecular complexity index is 9.61. The molecule has 24 valence electrons. The van der Waals surface area contributed by atoms with Crippen molar-refractivity contribution in [3.8, 4) is 0 Å². The van der Waals surface area contributed by atoms with Crippen molar-refractivity contribution >= 4 is 21.7 Å². The van der Waals surface area contributed by atoms with E-state index in [1.54, 1.807) is 0 Å². The normalized spacial score (nSPS) is 1.40. The fraction of sp³-hybridized carbons (Fsp3) is 1.00. The standard InChI is InChI=1S/CH3.2ClH.Li.Mg/h1H3;2*1H;;/q;;;2*+1/p-2. The van der Waals surface area contributed by atoms with E-state index in [1.165, 1.54) is 0 Å². The third kappa shape index (κ3) is 24.5. The van der Waals surface area contributed by atoms with E-state index < -0.39 is 0 Å². The molecule has 0 aromatic heterocycles. The van der Waals surface area contributed by atoms with Crippen LogP contribution >= 0.6 is 0 Å². The first-order valence-electron chi connectivity index (χ1n) is 0.707. The van der Waals surface area contributed by atoms with Crippen LogP contribution in [0.25, 0.3) is 0 Å². The van der Waals surface area contributed by atoms with E-state index in [0.29, 0.717) is 0 Å². The molecule has 0 N–H and O–H groups in total. The van der Waals surface area contributed by atoms with Crippen LogP contribution in [0.5, 0.6) is 0 Å². The fourth-order valence-electron chi connectivity index (χ4n) is 0. The summed E-state index contributed by atoms with van der Waals surface area (Å²) in [6, 6.07) is 0. The summed E-state index contributed by atoms with van der Waals surface area (Å²) in [5.41, 5.74) is 0. The Hall–Kier alpha value is 1.94. The average molecular weight is 117 g/mol. The Labute approximate surface area is 69.9 Å². The zero-order valence-electron chi connectivity index (χ0n) is 3.46. The summed E-state index contributed by atoms with van der Waals surface area (Å²) >= 11 is 1.86. The second-order valence-electron chi connectivity index (χ2n) is 0. The predicted octanol–water partition coefficient (Wildman–Crippen LogP) is -8.79. The van der Waals surface area contributed by atoms with Crippen LogP contribution in [0, 0.1) is 0 Å². The second kappa shape index (κ2) is 38.5. The van der Waals surface area contributed by atoms with Crippen LogP contribution in [0.2, 0.25) is 5.05 Å².